The number of ether oxygens (including phenoxy) is 1. The summed E-state index contributed by atoms with van der Waals surface area (Å²) in [5.74, 6) is -1.47. The van der Waals surface area contributed by atoms with Gasteiger partial charge in [-0.1, -0.05) is 18.3 Å². The van der Waals surface area contributed by atoms with E-state index in [2.05, 4.69) is 20.4 Å². The van der Waals surface area contributed by atoms with Gasteiger partial charge in [0, 0.05) is 12.5 Å². The summed E-state index contributed by atoms with van der Waals surface area (Å²) in [7, 11) is 0. The average Bonchev–Trinajstić information content (AvgIpc) is 2.86. The Kier molecular flexibility index (Phi) is 5.24. The molecule has 2 aromatic rings. The largest absolute Gasteiger partial charge is 0.573 e. The number of fused-ring (bicyclic) bond motifs is 1. The first-order valence-corrected chi connectivity index (χ1v) is 7.51. The van der Waals surface area contributed by atoms with Crippen LogP contribution >= 0.6 is 11.3 Å². The zero-order valence-electron chi connectivity index (χ0n) is 12.3. The number of nitrogens with one attached hydrogen (secondary N) is 2. The highest BCUT2D eigenvalue weighted by molar-refractivity contribution is 7.22. The molecule has 24 heavy (non-hydrogen) atoms. The maximum absolute atomic E-state index is 12.2. The highest BCUT2D eigenvalue weighted by atomic mass is 32.1. The monoisotopic (exact) mass is 362 g/mol. The molecular formula is C13H13F3N4O3S. The second-order valence-corrected chi connectivity index (χ2v) is 5.61. The molecule has 1 heterocycles. The van der Waals surface area contributed by atoms with Crippen LogP contribution < -0.4 is 21.1 Å². The third kappa shape index (κ3) is 4.80. The van der Waals surface area contributed by atoms with Crippen LogP contribution in [0.25, 0.3) is 10.2 Å². The number of thiazole rings is 1. The van der Waals surface area contributed by atoms with E-state index >= 15 is 0 Å². The summed E-state index contributed by atoms with van der Waals surface area (Å²) >= 11 is 0.949. The molecule has 0 aliphatic carbocycles. The van der Waals surface area contributed by atoms with E-state index in [0.717, 1.165) is 23.5 Å². The lowest BCUT2D eigenvalue weighted by molar-refractivity contribution is -0.274. The summed E-state index contributed by atoms with van der Waals surface area (Å²) in [6, 6.07) is 3.62. The summed E-state index contributed by atoms with van der Waals surface area (Å²) < 4.78 is 40.8. The number of anilines is 1. The van der Waals surface area contributed by atoms with Gasteiger partial charge in [0.25, 0.3) is 5.91 Å². The molecule has 0 aliphatic heterocycles. The molecule has 1 aromatic carbocycles. The number of benzene rings is 1. The Labute approximate surface area is 138 Å². The van der Waals surface area contributed by atoms with E-state index in [4.69, 9.17) is 5.73 Å². The zero-order valence-corrected chi connectivity index (χ0v) is 13.1. The summed E-state index contributed by atoms with van der Waals surface area (Å²) in [4.78, 5) is 27.1. The van der Waals surface area contributed by atoms with Crippen molar-refractivity contribution in [1.29, 1.82) is 0 Å². The van der Waals surface area contributed by atoms with Crippen LogP contribution in [0.3, 0.4) is 0 Å². The van der Waals surface area contributed by atoms with Gasteiger partial charge < -0.3 is 15.8 Å². The summed E-state index contributed by atoms with van der Waals surface area (Å²) in [5.41, 5.74) is 5.90. The van der Waals surface area contributed by atoms with Crippen LogP contribution in [0.2, 0.25) is 0 Å². The molecule has 7 nitrogen and oxygen atoms in total. The van der Waals surface area contributed by atoms with Crippen LogP contribution in [0.4, 0.5) is 18.3 Å². The van der Waals surface area contributed by atoms with Crippen molar-refractivity contribution in [3.05, 3.63) is 18.2 Å². The summed E-state index contributed by atoms with van der Waals surface area (Å²) in [6.45, 7) is 1.61. The SMILES string of the molecule is CCC(=O)N[C@@H](N)C(=O)Nc1nc2ccc(OC(F)(F)F)cc2s1. The van der Waals surface area contributed by atoms with Gasteiger partial charge in [-0.15, -0.1) is 13.2 Å². The normalized spacial score (nSPS) is 12.7. The first kappa shape index (κ1) is 17.9. The van der Waals surface area contributed by atoms with E-state index < -0.39 is 24.3 Å². The first-order valence-electron chi connectivity index (χ1n) is 6.70. The molecule has 4 N–H and O–H groups in total. The van der Waals surface area contributed by atoms with Crippen LogP contribution in [-0.4, -0.2) is 29.3 Å². The number of nitrogens with two attached hydrogens (primary N) is 1. The molecule has 0 fully saturated rings. The fourth-order valence-electron chi connectivity index (χ4n) is 1.68. The summed E-state index contributed by atoms with van der Waals surface area (Å²) in [5, 5.41) is 4.81. The highest BCUT2D eigenvalue weighted by Gasteiger charge is 2.31. The van der Waals surface area contributed by atoms with Crippen LogP contribution in [0, 0.1) is 0 Å². The molecule has 1 aromatic heterocycles. The smallest absolute Gasteiger partial charge is 0.406 e. The Morgan fingerprint density at radius 1 is 1.42 bits per heavy atom. The second kappa shape index (κ2) is 7.01. The predicted octanol–water partition coefficient (Wildman–Crippen LogP) is 1.94. The van der Waals surface area contributed by atoms with Gasteiger partial charge in [-0.05, 0) is 12.1 Å². The van der Waals surface area contributed by atoms with E-state index in [1.54, 1.807) is 6.92 Å². The van der Waals surface area contributed by atoms with E-state index in [9.17, 15) is 22.8 Å². The Hall–Kier alpha value is -2.40. The van der Waals surface area contributed by atoms with Crippen LogP contribution in [0.5, 0.6) is 5.75 Å². The minimum Gasteiger partial charge on any atom is -0.406 e. The van der Waals surface area contributed by atoms with Gasteiger partial charge >= 0.3 is 6.36 Å². The lowest BCUT2D eigenvalue weighted by Gasteiger charge is -2.11. The zero-order chi connectivity index (χ0) is 17.9. The van der Waals surface area contributed by atoms with E-state index in [1.165, 1.54) is 6.07 Å². The number of carbonyl (C=O) groups excluding carboxylic acids is 2. The topological polar surface area (TPSA) is 106 Å². The quantitative estimate of drug-likeness (QED) is 0.705. The molecule has 130 valence electrons. The van der Waals surface area contributed by atoms with Crippen molar-refractivity contribution < 1.29 is 27.5 Å². The Morgan fingerprint density at radius 3 is 2.75 bits per heavy atom. The van der Waals surface area contributed by atoms with Gasteiger partial charge in [-0.2, -0.15) is 0 Å². The fraction of sp³-hybridized carbons (Fsp3) is 0.308. The van der Waals surface area contributed by atoms with Gasteiger partial charge in [-0.3, -0.25) is 14.9 Å². The van der Waals surface area contributed by atoms with Crippen molar-refractivity contribution >= 4 is 38.5 Å². The Morgan fingerprint density at radius 2 is 2.12 bits per heavy atom. The molecule has 0 radical (unpaired) electrons. The third-order valence-electron chi connectivity index (χ3n) is 2.74. The molecule has 0 saturated carbocycles. The third-order valence-corrected chi connectivity index (χ3v) is 3.68. The summed E-state index contributed by atoms with van der Waals surface area (Å²) in [6.07, 6.45) is -5.88. The molecule has 0 unspecified atom stereocenters. The molecule has 0 spiro atoms. The molecule has 0 aliphatic rings. The van der Waals surface area contributed by atoms with Crippen molar-refractivity contribution in [2.75, 3.05) is 5.32 Å². The Balaban J connectivity index is 2.10. The number of carbonyl (C=O) groups is 2. The van der Waals surface area contributed by atoms with E-state index in [-0.39, 0.29) is 17.3 Å². The predicted molar refractivity (Wildman–Crippen MR) is 81.3 cm³/mol. The molecule has 1 atom stereocenters. The van der Waals surface area contributed by atoms with Gasteiger partial charge in [0.2, 0.25) is 5.91 Å². The van der Waals surface area contributed by atoms with Gasteiger partial charge in [0.15, 0.2) is 11.3 Å². The standard InChI is InChI=1S/C13H13F3N4O3S/c1-2-9(21)19-10(17)11(22)20-12-18-7-4-3-6(5-8(7)24-12)23-13(14,15)16/h3-5,10H,2,17H2,1H3,(H,19,21)(H,18,20,22)/t10-/m1/s1. The van der Waals surface area contributed by atoms with Crippen LogP contribution in [0.1, 0.15) is 13.3 Å². The second-order valence-electron chi connectivity index (χ2n) is 4.58. The van der Waals surface area contributed by atoms with Crippen molar-refractivity contribution in [3.63, 3.8) is 0 Å². The highest BCUT2D eigenvalue weighted by Crippen LogP contribution is 2.31. The number of nitrogens with zero attached hydrogens (tertiary/aromatic N) is 1. The van der Waals surface area contributed by atoms with E-state index in [1.807, 2.05) is 0 Å². The number of hydrogen-bond donors (Lipinski definition) is 3. The minimum absolute atomic E-state index is 0.139. The Bertz CT molecular complexity index is 762. The molecule has 11 heteroatoms. The average molecular weight is 362 g/mol. The maximum atomic E-state index is 12.2. The minimum atomic E-state index is -4.79. The lowest BCUT2D eigenvalue weighted by Crippen LogP contribution is -2.49. The molecular weight excluding hydrogens is 349 g/mol. The number of aromatic nitrogens is 1. The number of rotatable bonds is 5. The number of hydrogen-bond acceptors (Lipinski definition) is 6. The molecule has 0 bridgehead atoms. The fourth-order valence-corrected chi connectivity index (χ4v) is 2.58. The number of amides is 2. The number of alkyl halides is 3. The lowest BCUT2D eigenvalue weighted by atomic mass is 10.3. The van der Waals surface area contributed by atoms with Crippen LogP contribution in [-0.2, 0) is 9.59 Å². The van der Waals surface area contributed by atoms with Crippen LogP contribution in [0.15, 0.2) is 18.2 Å². The van der Waals surface area contributed by atoms with Crippen molar-refractivity contribution in [2.24, 2.45) is 5.73 Å². The molecule has 2 rings (SSSR count). The van der Waals surface area contributed by atoms with Crippen molar-refractivity contribution in [3.8, 4) is 5.75 Å². The van der Waals surface area contributed by atoms with E-state index in [0.29, 0.717) is 10.2 Å². The van der Waals surface area contributed by atoms with Crippen molar-refractivity contribution in [1.82, 2.24) is 10.3 Å². The number of halogens is 3. The maximum Gasteiger partial charge on any atom is 0.573 e. The molecule has 0 saturated heterocycles. The van der Waals surface area contributed by atoms with Gasteiger partial charge in [0.1, 0.15) is 5.75 Å². The van der Waals surface area contributed by atoms with Crippen molar-refractivity contribution in [2.45, 2.75) is 25.9 Å². The first-order chi connectivity index (χ1) is 11.2. The van der Waals surface area contributed by atoms with Gasteiger partial charge in [0.05, 0.1) is 10.2 Å². The molecule has 2 amide bonds. The van der Waals surface area contributed by atoms with Gasteiger partial charge in [-0.25, -0.2) is 4.98 Å².